The van der Waals surface area contributed by atoms with Crippen molar-refractivity contribution < 1.29 is 14.3 Å². The zero-order chi connectivity index (χ0) is 11.7. The Morgan fingerprint density at radius 1 is 1.38 bits per heavy atom. The molecular formula is C11H12N2O3. The van der Waals surface area contributed by atoms with E-state index in [4.69, 9.17) is 4.74 Å². The Labute approximate surface area is 92.4 Å². The summed E-state index contributed by atoms with van der Waals surface area (Å²) in [6, 6.07) is 3.44. The predicted octanol–water partition coefficient (Wildman–Crippen LogP) is 1.67. The van der Waals surface area contributed by atoms with Gasteiger partial charge in [0.05, 0.1) is 19.7 Å². The highest BCUT2D eigenvalue weighted by molar-refractivity contribution is 5.99. The number of rotatable bonds is 2. The normalized spacial score (nSPS) is 10.4. The number of hydrogen-bond acceptors (Lipinski definition) is 4. The summed E-state index contributed by atoms with van der Waals surface area (Å²) >= 11 is 0. The fourth-order valence-electron chi connectivity index (χ4n) is 1.65. The van der Waals surface area contributed by atoms with Crippen molar-refractivity contribution in [2.24, 2.45) is 0 Å². The Hall–Kier alpha value is -2.04. The first-order chi connectivity index (χ1) is 7.67. The maximum atomic E-state index is 11.5. The van der Waals surface area contributed by atoms with Crippen molar-refractivity contribution in [1.29, 1.82) is 0 Å². The van der Waals surface area contributed by atoms with E-state index < -0.39 is 5.97 Å². The van der Waals surface area contributed by atoms with Crippen molar-refractivity contribution in [3.63, 3.8) is 0 Å². The second-order valence-corrected chi connectivity index (χ2v) is 3.36. The van der Waals surface area contributed by atoms with Gasteiger partial charge in [-0.3, -0.25) is 0 Å². The molecule has 0 atom stereocenters. The molecule has 0 aliphatic heterocycles. The summed E-state index contributed by atoms with van der Waals surface area (Å²) in [6.07, 6.45) is 0. The summed E-state index contributed by atoms with van der Waals surface area (Å²) < 4.78 is 9.89. The molecular weight excluding hydrogens is 208 g/mol. The number of carbonyl (C=O) groups is 1. The lowest BCUT2D eigenvalue weighted by Crippen LogP contribution is -2.04. The molecule has 0 aliphatic carbocycles. The van der Waals surface area contributed by atoms with Crippen LogP contribution in [0, 0.1) is 6.92 Å². The SMILES string of the molecule is COC(=O)c1ccc2[nH]c(C)nc2c1OC. The number of methoxy groups -OCH3 is 2. The molecule has 0 fully saturated rings. The Balaban J connectivity index is 2.71. The first kappa shape index (κ1) is 10.5. The summed E-state index contributed by atoms with van der Waals surface area (Å²) in [5, 5.41) is 0. The average Bonchev–Trinajstić information content (AvgIpc) is 2.66. The standard InChI is InChI=1S/C11H12N2O3/c1-6-12-8-5-4-7(11(14)16-3)10(15-2)9(8)13-6/h4-5H,1-3H3,(H,12,13). The van der Waals surface area contributed by atoms with Crippen molar-refractivity contribution in [2.75, 3.05) is 14.2 Å². The molecule has 2 rings (SSSR count). The average molecular weight is 220 g/mol. The van der Waals surface area contributed by atoms with Gasteiger partial charge in [0.15, 0.2) is 5.75 Å². The van der Waals surface area contributed by atoms with Gasteiger partial charge in [-0.05, 0) is 19.1 Å². The Morgan fingerprint density at radius 2 is 2.12 bits per heavy atom. The van der Waals surface area contributed by atoms with E-state index in [2.05, 4.69) is 14.7 Å². The minimum atomic E-state index is -0.431. The van der Waals surface area contributed by atoms with Crippen LogP contribution < -0.4 is 4.74 Å². The first-order valence-corrected chi connectivity index (χ1v) is 4.79. The lowest BCUT2D eigenvalue weighted by Gasteiger charge is -2.06. The van der Waals surface area contributed by atoms with Crippen LogP contribution in [0.1, 0.15) is 16.2 Å². The van der Waals surface area contributed by atoms with Gasteiger partial charge in [0.2, 0.25) is 0 Å². The molecule has 16 heavy (non-hydrogen) atoms. The lowest BCUT2D eigenvalue weighted by atomic mass is 10.1. The zero-order valence-corrected chi connectivity index (χ0v) is 9.33. The molecule has 0 aliphatic rings. The zero-order valence-electron chi connectivity index (χ0n) is 9.33. The van der Waals surface area contributed by atoms with Gasteiger partial charge in [-0.25, -0.2) is 9.78 Å². The number of imidazole rings is 1. The summed E-state index contributed by atoms with van der Waals surface area (Å²) in [4.78, 5) is 18.9. The number of aryl methyl sites for hydroxylation is 1. The van der Waals surface area contributed by atoms with Gasteiger partial charge in [0, 0.05) is 0 Å². The number of aromatic amines is 1. The van der Waals surface area contributed by atoms with Crippen LogP contribution in [0.3, 0.4) is 0 Å². The van der Waals surface area contributed by atoms with E-state index in [0.29, 0.717) is 16.8 Å². The Morgan fingerprint density at radius 3 is 2.75 bits per heavy atom. The van der Waals surface area contributed by atoms with Crippen molar-refractivity contribution >= 4 is 17.0 Å². The molecule has 2 aromatic rings. The van der Waals surface area contributed by atoms with E-state index in [1.807, 2.05) is 6.92 Å². The van der Waals surface area contributed by atoms with Crippen LogP contribution in [-0.2, 0) is 4.74 Å². The van der Waals surface area contributed by atoms with E-state index in [0.717, 1.165) is 11.3 Å². The number of hydrogen-bond donors (Lipinski definition) is 1. The van der Waals surface area contributed by atoms with Gasteiger partial charge in [0.25, 0.3) is 0 Å². The quantitative estimate of drug-likeness (QED) is 0.782. The monoisotopic (exact) mass is 220 g/mol. The largest absolute Gasteiger partial charge is 0.493 e. The van der Waals surface area contributed by atoms with Gasteiger partial charge in [-0.2, -0.15) is 0 Å². The summed E-state index contributed by atoms with van der Waals surface area (Å²) in [5.74, 6) is 0.781. The van der Waals surface area contributed by atoms with Crippen molar-refractivity contribution in [1.82, 2.24) is 9.97 Å². The van der Waals surface area contributed by atoms with Crippen molar-refractivity contribution in [3.05, 3.63) is 23.5 Å². The molecule has 0 spiro atoms. The Bertz CT molecular complexity index is 545. The number of carbonyl (C=O) groups excluding carboxylic acids is 1. The van der Waals surface area contributed by atoms with E-state index in [1.165, 1.54) is 14.2 Å². The third kappa shape index (κ3) is 1.50. The van der Waals surface area contributed by atoms with Gasteiger partial charge in [0.1, 0.15) is 16.9 Å². The fourth-order valence-corrected chi connectivity index (χ4v) is 1.65. The fraction of sp³-hybridized carbons (Fsp3) is 0.273. The molecule has 1 aromatic heterocycles. The van der Waals surface area contributed by atoms with E-state index in [9.17, 15) is 4.79 Å². The summed E-state index contributed by atoms with van der Waals surface area (Å²) in [7, 11) is 2.84. The number of fused-ring (bicyclic) bond motifs is 1. The number of benzene rings is 1. The third-order valence-corrected chi connectivity index (χ3v) is 2.34. The topological polar surface area (TPSA) is 64.2 Å². The maximum Gasteiger partial charge on any atom is 0.341 e. The minimum Gasteiger partial charge on any atom is -0.493 e. The third-order valence-electron chi connectivity index (χ3n) is 2.34. The van der Waals surface area contributed by atoms with Crippen LogP contribution in [0.2, 0.25) is 0 Å². The molecule has 0 amide bonds. The highest BCUT2D eigenvalue weighted by Crippen LogP contribution is 2.28. The van der Waals surface area contributed by atoms with Crippen LogP contribution in [0.4, 0.5) is 0 Å². The molecule has 5 heteroatoms. The molecule has 0 saturated heterocycles. The second-order valence-electron chi connectivity index (χ2n) is 3.36. The summed E-state index contributed by atoms with van der Waals surface area (Å²) in [5.41, 5.74) is 1.86. The van der Waals surface area contributed by atoms with Crippen LogP contribution in [0.15, 0.2) is 12.1 Å². The molecule has 0 bridgehead atoms. The number of H-pyrrole nitrogens is 1. The van der Waals surface area contributed by atoms with Crippen molar-refractivity contribution in [2.45, 2.75) is 6.92 Å². The lowest BCUT2D eigenvalue weighted by molar-refractivity contribution is 0.0597. The van der Waals surface area contributed by atoms with E-state index in [1.54, 1.807) is 12.1 Å². The van der Waals surface area contributed by atoms with Gasteiger partial charge in [-0.1, -0.05) is 0 Å². The summed E-state index contributed by atoms with van der Waals surface area (Å²) in [6.45, 7) is 1.84. The number of nitrogens with one attached hydrogen (secondary N) is 1. The predicted molar refractivity (Wildman–Crippen MR) is 58.7 cm³/mol. The number of esters is 1. The van der Waals surface area contributed by atoms with Crippen LogP contribution in [0.25, 0.3) is 11.0 Å². The Kier molecular flexibility index (Phi) is 2.52. The van der Waals surface area contributed by atoms with Crippen LogP contribution >= 0.6 is 0 Å². The smallest absolute Gasteiger partial charge is 0.341 e. The van der Waals surface area contributed by atoms with E-state index in [-0.39, 0.29) is 0 Å². The number of ether oxygens (including phenoxy) is 2. The molecule has 1 heterocycles. The molecule has 0 radical (unpaired) electrons. The highest BCUT2D eigenvalue weighted by atomic mass is 16.5. The van der Waals surface area contributed by atoms with Gasteiger partial charge >= 0.3 is 5.97 Å². The molecule has 0 saturated carbocycles. The van der Waals surface area contributed by atoms with Gasteiger partial charge in [-0.15, -0.1) is 0 Å². The molecule has 0 unspecified atom stereocenters. The van der Waals surface area contributed by atoms with E-state index >= 15 is 0 Å². The molecule has 5 nitrogen and oxygen atoms in total. The van der Waals surface area contributed by atoms with Crippen LogP contribution in [-0.4, -0.2) is 30.2 Å². The number of nitrogens with zero attached hydrogens (tertiary/aromatic N) is 1. The molecule has 1 N–H and O–H groups in total. The first-order valence-electron chi connectivity index (χ1n) is 4.79. The van der Waals surface area contributed by atoms with Crippen LogP contribution in [0.5, 0.6) is 5.75 Å². The molecule has 84 valence electrons. The van der Waals surface area contributed by atoms with Crippen molar-refractivity contribution in [3.8, 4) is 5.75 Å². The van der Waals surface area contributed by atoms with Gasteiger partial charge < -0.3 is 14.5 Å². The maximum absolute atomic E-state index is 11.5. The minimum absolute atomic E-state index is 0.379. The highest BCUT2D eigenvalue weighted by Gasteiger charge is 2.17. The number of aromatic nitrogens is 2. The second kappa shape index (κ2) is 3.84. The molecule has 1 aromatic carbocycles.